The number of ether oxygens (including phenoxy) is 2. The Morgan fingerprint density at radius 2 is 1.26 bits per heavy atom. The van der Waals surface area contributed by atoms with E-state index in [2.05, 4.69) is 35.9 Å². The number of aryl methyl sites for hydroxylation is 1. The number of nitrogens with zero attached hydrogens (tertiary/aromatic N) is 4. The molecule has 0 radical (unpaired) electrons. The summed E-state index contributed by atoms with van der Waals surface area (Å²) in [5.74, 6) is 1.62. The van der Waals surface area contributed by atoms with Gasteiger partial charge in [-0.1, -0.05) is 24.3 Å². The molecule has 10 heteroatoms. The van der Waals surface area contributed by atoms with Crippen LogP contribution in [-0.2, 0) is 0 Å². The number of hydrogen-bond acceptors (Lipinski definition) is 7. The number of aromatic nitrogens is 4. The fourth-order valence-corrected chi connectivity index (χ4v) is 2.91. The van der Waals surface area contributed by atoms with Gasteiger partial charge in [-0.25, -0.2) is 19.9 Å². The number of benzene rings is 2. The lowest BCUT2D eigenvalue weighted by Gasteiger charge is -2.11. The van der Waals surface area contributed by atoms with Gasteiger partial charge in [-0.3, -0.25) is 0 Å². The standard InChI is InChI=1S/C12H11ClN2O2.C8H10O.C4H2BrClN2/c1-17-10-4-2-3-8(5-10)11(16)9-6-14-12(13)15-7-9;1-7-4-3-5-8(6-7)9-2;5-3-1-7-4(6)8-2-3/h2-7,11,16H,1H3;3-6H,1-2H3;1-2H. The molecule has 0 saturated heterocycles. The van der Waals surface area contributed by atoms with Crippen molar-refractivity contribution in [1.82, 2.24) is 19.9 Å². The van der Waals surface area contributed by atoms with Crippen LogP contribution in [-0.4, -0.2) is 39.3 Å². The van der Waals surface area contributed by atoms with E-state index in [1.165, 1.54) is 18.0 Å². The highest BCUT2D eigenvalue weighted by atomic mass is 79.9. The molecule has 0 spiro atoms. The summed E-state index contributed by atoms with van der Waals surface area (Å²) in [7, 11) is 3.26. The minimum Gasteiger partial charge on any atom is -0.497 e. The zero-order chi connectivity index (χ0) is 24.9. The largest absolute Gasteiger partial charge is 0.497 e. The van der Waals surface area contributed by atoms with E-state index in [0.717, 1.165) is 15.8 Å². The lowest BCUT2D eigenvalue weighted by molar-refractivity contribution is 0.219. The van der Waals surface area contributed by atoms with Crippen molar-refractivity contribution in [2.45, 2.75) is 13.0 Å². The van der Waals surface area contributed by atoms with Gasteiger partial charge in [0, 0.05) is 30.4 Å². The van der Waals surface area contributed by atoms with Crippen molar-refractivity contribution < 1.29 is 14.6 Å². The Morgan fingerprint density at radius 1 is 0.765 bits per heavy atom. The molecule has 2 aromatic carbocycles. The predicted molar refractivity (Wildman–Crippen MR) is 137 cm³/mol. The highest BCUT2D eigenvalue weighted by Crippen LogP contribution is 2.24. The molecule has 178 valence electrons. The van der Waals surface area contributed by atoms with Crippen LogP contribution < -0.4 is 9.47 Å². The molecule has 1 atom stereocenters. The first-order valence-electron chi connectivity index (χ1n) is 9.85. The van der Waals surface area contributed by atoms with E-state index in [0.29, 0.717) is 11.3 Å². The highest BCUT2D eigenvalue weighted by molar-refractivity contribution is 9.10. The van der Waals surface area contributed by atoms with Gasteiger partial charge in [0.2, 0.25) is 10.6 Å². The van der Waals surface area contributed by atoms with Gasteiger partial charge in [0.05, 0.1) is 18.7 Å². The SMILES string of the molecule is COc1cccc(C(O)c2cnc(Cl)nc2)c1.COc1cccc(C)c1.Clc1ncc(Br)cn1. The molecule has 4 aromatic rings. The summed E-state index contributed by atoms with van der Waals surface area (Å²) in [6, 6.07) is 15.2. The topological polar surface area (TPSA) is 90.2 Å². The molecule has 0 aliphatic rings. The Kier molecular flexibility index (Phi) is 11.7. The first-order valence-corrected chi connectivity index (χ1v) is 11.4. The molecule has 7 nitrogen and oxygen atoms in total. The predicted octanol–water partition coefficient (Wildman–Crippen LogP) is 6.12. The summed E-state index contributed by atoms with van der Waals surface area (Å²) < 4.78 is 10.9. The second-order valence-corrected chi connectivity index (χ2v) is 8.25. The molecular weight excluding hydrogens is 543 g/mol. The smallest absolute Gasteiger partial charge is 0.222 e. The zero-order valence-corrected chi connectivity index (χ0v) is 21.8. The summed E-state index contributed by atoms with van der Waals surface area (Å²) in [5, 5.41) is 10.6. The van der Waals surface area contributed by atoms with Crippen molar-refractivity contribution in [1.29, 1.82) is 0 Å². The Bertz CT molecular complexity index is 1130. The number of aliphatic hydroxyl groups excluding tert-OH is 1. The van der Waals surface area contributed by atoms with Crippen LogP contribution in [0, 0.1) is 6.92 Å². The second kappa shape index (κ2) is 14.5. The van der Waals surface area contributed by atoms with Gasteiger partial charge in [0.15, 0.2) is 0 Å². The number of hydrogen-bond donors (Lipinski definition) is 1. The first-order chi connectivity index (χ1) is 16.3. The average molecular weight is 566 g/mol. The third-order valence-electron chi connectivity index (χ3n) is 4.18. The summed E-state index contributed by atoms with van der Waals surface area (Å²) in [5.41, 5.74) is 2.53. The summed E-state index contributed by atoms with van der Waals surface area (Å²) >= 11 is 14.1. The molecule has 0 bridgehead atoms. The van der Waals surface area contributed by atoms with Gasteiger partial charge in [0.25, 0.3) is 0 Å². The number of aliphatic hydroxyl groups is 1. The molecular formula is C24H23BrCl2N4O3. The van der Waals surface area contributed by atoms with Crippen LogP contribution in [0.15, 0.2) is 77.8 Å². The van der Waals surface area contributed by atoms with Crippen LogP contribution in [0.25, 0.3) is 0 Å². The van der Waals surface area contributed by atoms with Crippen molar-refractivity contribution in [3.8, 4) is 11.5 Å². The number of methoxy groups -OCH3 is 2. The van der Waals surface area contributed by atoms with Crippen LogP contribution >= 0.6 is 39.1 Å². The minimum atomic E-state index is -0.789. The third-order valence-corrected chi connectivity index (χ3v) is 4.98. The molecule has 0 saturated carbocycles. The van der Waals surface area contributed by atoms with E-state index in [-0.39, 0.29) is 10.6 Å². The van der Waals surface area contributed by atoms with Gasteiger partial charge in [0.1, 0.15) is 17.6 Å². The van der Waals surface area contributed by atoms with Gasteiger partial charge >= 0.3 is 0 Å². The van der Waals surface area contributed by atoms with E-state index in [1.54, 1.807) is 32.7 Å². The van der Waals surface area contributed by atoms with Crippen molar-refractivity contribution in [2.75, 3.05) is 14.2 Å². The van der Waals surface area contributed by atoms with Crippen LogP contribution in [0.4, 0.5) is 0 Å². The Hall–Kier alpha value is -2.78. The Labute approximate surface area is 216 Å². The van der Waals surface area contributed by atoms with Crippen molar-refractivity contribution in [3.05, 3.63) is 105 Å². The maximum atomic E-state index is 10.1. The van der Waals surface area contributed by atoms with E-state index in [1.807, 2.05) is 49.4 Å². The zero-order valence-electron chi connectivity index (χ0n) is 18.7. The quantitative estimate of drug-likeness (QED) is 0.298. The van der Waals surface area contributed by atoms with Gasteiger partial charge in [-0.2, -0.15) is 0 Å². The monoisotopic (exact) mass is 564 g/mol. The van der Waals surface area contributed by atoms with Gasteiger partial charge in [-0.15, -0.1) is 0 Å². The fraction of sp³-hybridized carbons (Fsp3) is 0.167. The molecule has 0 aliphatic carbocycles. The second-order valence-electron chi connectivity index (χ2n) is 6.66. The van der Waals surface area contributed by atoms with Gasteiger partial charge < -0.3 is 14.6 Å². The lowest BCUT2D eigenvalue weighted by atomic mass is 10.0. The normalized spacial score (nSPS) is 10.7. The molecule has 4 rings (SSSR count). The average Bonchev–Trinajstić information content (AvgIpc) is 2.86. The molecule has 2 aromatic heterocycles. The molecule has 0 aliphatic heterocycles. The number of halogens is 3. The molecule has 1 N–H and O–H groups in total. The van der Waals surface area contributed by atoms with E-state index >= 15 is 0 Å². The molecule has 1 unspecified atom stereocenters. The van der Waals surface area contributed by atoms with Crippen molar-refractivity contribution in [2.24, 2.45) is 0 Å². The molecule has 0 amide bonds. The van der Waals surface area contributed by atoms with E-state index in [9.17, 15) is 5.11 Å². The van der Waals surface area contributed by atoms with Crippen LogP contribution in [0.5, 0.6) is 11.5 Å². The van der Waals surface area contributed by atoms with Gasteiger partial charge in [-0.05, 0) is 81.4 Å². The maximum absolute atomic E-state index is 10.1. The van der Waals surface area contributed by atoms with Crippen molar-refractivity contribution >= 4 is 39.1 Å². The summed E-state index contributed by atoms with van der Waals surface area (Å²) in [6.45, 7) is 2.04. The van der Waals surface area contributed by atoms with Crippen LogP contribution in [0.3, 0.4) is 0 Å². The molecule has 0 fully saturated rings. The lowest BCUT2D eigenvalue weighted by Crippen LogP contribution is -2.01. The van der Waals surface area contributed by atoms with Crippen LogP contribution in [0.1, 0.15) is 22.8 Å². The summed E-state index contributed by atoms with van der Waals surface area (Å²) in [6.07, 6.45) is 5.39. The Morgan fingerprint density at radius 3 is 1.74 bits per heavy atom. The van der Waals surface area contributed by atoms with E-state index in [4.69, 9.17) is 32.7 Å². The molecule has 34 heavy (non-hydrogen) atoms. The maximum Gasteiger partial charge on any atom is 0.222 e. The van der Waals surface area contributed by atoms with Crippen molar-refractivity contribution in [3.63, 3.8) is 0 Å². The summed E-state index contributed by atoms with van der Waals surface area (Å²) in [4.78, 5) is 15.0. The Balaban J connectivity index is 0.000000201. The van der Waals surface area contributed by atoms with Crippen LogP contribution in [0.2, 0.25) is 10.6 Å². The van der Waals surface area contributed by atoms with E-state index < -0.39 is 6.10 Å². The third kappa shape index (κ3) is 9.61. The highest BCUT2D eigenvalue weighted by Gasteiger charge is 2.12. The minimum absolute atomic E-state index is 0.159. The first kappa shape index (κ1) is 27.5. The molecule has 2 heterocycles. The number of rotatable bonds is 4. The fourth-order valence-electron chi connectivity index (χ4n) is 2.51.